The molecule has 0 amide bonds. The predicted molar refractivity (Wildman–Crippen MR) is 159 cm³/mol. The zero-order valence-electron chi connectivity index (χ0n) is 23.8. The van der Waals surface area contributed by atoms with Crippen LogP contribution in [0.25, 0.3) is 0 Å². The van der Waals surface area contributed by atoms with E-state index in [4.69, 9.17) is 44.8 Å². The van der Waals surface area contributed by atoms with Gasteiger partial charge in [-0.2, -0.15) is 0 Å². The van der Waals surface area contributed by atoms with E-state index in [0.717, 1.165) is 16.7 Å². The van der Waals surface area contributed by atoms with Crippen molar-refractivity contribution in [2.75, 3.05) is 45.5 Å². The maximum atomic E-state index is 10.4. The van der Waals surface area contributed by atoms with Crippen LogP contribution in [-0.4, -0.2) is 81.3 Å². The number of alkyl halides is 1. The summed E-state index contributed by atoms with van der Waals surface area (Å²) in [4.78, 5) is 0. The molecule has 5 atom stereocenters. The molecule has 9 heteroatoms. The zero-order valence-corrected chi connectivity index (χ0v) is 24.6. The van der Waals surface area contributed by atoms with E-state index >= 15 is 0 Å². The van der Waals surface area contributed by atoms with Gasteiger partial charge in [-0.15, -0.1) is 11.6 Å². The third-order valence-corrected chi connectivity index (χ3v) is 6.88. The SMILES string of the molecule is OC[C@H]1O[C@H](OCCOCCOCCCl)[C@@H](OCc2ccccc2)[C@@H](OCc2ccccc2)[C@@H]1OCc1ccccc1. The van der Waals surface area contributed by atoms with Gasteiger partial charge in [0.05, 0.1) is 59.5 Å². The maximum absolute atomic E-state index is 10.4. The van der Waals surface area contributed by atoms with Crippen molar-refractivity contribution >= 4 is 11.6 Å². The minimum absolute atomic E-state index is 0.254. The van der Waals surface area contributed by atoms with E-state index < -0.39 is 30.7 Å². The van der Waals surface area contributed by atoms with Gasteiger partial charge in [0.1, 0.15) is 24.4 Å². The molecule has 0 radical (unpaired) electrons. The Balaban J connectivity index is 1.50. The van der Waals surface area contributed by atoms with Crippen molar-refractivity contribution in [3.8, 4) is 0 Å². The highest BCUT2D eigenvalue weighted by atomic mass is 35.5. The monoisotopic (exact) mass is 600 g/mol. The first-order chi connectivity index (χ1) is 20.8. The van der Waals surface area contributed by atoms with E-state index in [1.807, 2.05) is 91.0 Å². The van der Waals surface area contributed by atoms with E-state index in [1.54, 1.807) is 0 Å². The van der Waals surface area contributed by atoms with Crippen molar-refractivity contribution in [3.05, 3.63) is 108 Å². The summed E-state index contributed by atoms with van der Waals surface area (Å²) in [5, 5.41) is 10.4. The molecule has 42 heavy (non-hydrogen) atoms. The fourth-order valence-corrected chi connectivity index (χ4v) is 4.74. The number of aliphatic hydroxyl groups excluding tert-OH is 1. The van der Waals surface area contributed by atoms with Gasteiger partial charge in [-0.3, -0.25) is 0 Å². The number of rotatable bonds is 19. The second-order valence-electron chi connectivity index (χ2n) is 9.79. The second-order valence-corrected chi connectivity index (χ2v) is 10.2. The summed E-state index contributed by atoms with van der Waals surface area (Å²) in [5.74, 6) is 0.447. The lowest BCUT2D eigenvalue weighted by Crippen LogP contribution is -2.61. The molecule has 1 heterocycles. The van der Waals surface area contributed by atoms with Gasteiger partial charge in [0.15, 0.2) is 6.29 Å². The minimum atomic E-state index is -0.820. The summed E-state index contributed by atoms with van der Waals surface area (Å²) in [6.45, 7) is 2.67. The number of aliphatic hydroxyl groups is 1. The van der Waals surface area contributed by atoms with E-state index in [2.05, 4.69) is 0 Å². The summed E-state index contributed by atoms with van der Waals surface area (Å²) >= 11 is 5.63. The third-order valence-electron chi connectivity index (χ3n) is 6.73. The molecule has 1 aliphatic rings. The van der Waals surface area contributed by atoms with Crippen molar-refractivity contribution in [2.24, 2.45) is 0 Å². The highest BCUT2D eigenvalue weighted by Crippen LogP contribution is 2.31. The van der Waals surface area contributed by atoms with Crippen LogP contribution >= 0.6 is 11.6 Å². The van der Waals surface area contributed by atoms with Crippen molar-refractivity contribution < 1.29 is 38.3 Å². The first kappa shape index (κ1) is 32.5. The van der Waals surface area contributed by atoms with Crippen LogP contribution in [0.2, 0.25) is 0 Å². The first-order valence-corrected chi connectivity index (χ1v) is 14.9. The molecule has 4 rings (SSSR count). The Morgan fingerprint density at radius 2 is 1.00 bits per heavy atom. The van der Waals surface area contributed by atoms with Gasteiger partial charge in [0, 0.05) is 5.88 Å². The summed E-state index contributed by atoms with van der Waals surface area (Å²) in [5.41, 5.74) is 3.02. The molecule has 1 N–H and O–H groups in total. The van der Waals surface area contributed by atoms with Gasteiger partial charge < -0.3 is 38.3 Å². The Labute approximate surface area is 253 Å². The molecule has 0 aliphatic carbocycles. The topological polar surface area (TPSA) is 84.8 Å². The Bertz CT molecular complexity index is 1090. The van der Waals surface area contributed by atoms with Crippen molar-refractivity contribution in [2.45, 2.75) is 50.5 Å². The molecule has 1 fully saturated rings. The normalized spacial score (nSPS) is 22.3. The fraction of sp³-hybridized carbons (Fsp3) is 0.455. The van der Waals surface area contributed by atoms with E-state index in [0.29, 0.717) is 52.1 Å². The van der Waals surface area contributed by atoms with Gasteiger partial charge in [-0.1, -0.05) is 91.0 Å². The molecule has 8 nitrogen and oxygen atoms in total. The minimum Gasteiger partial charge on any atom is -0.394 e. The Hall–Kier alpha value is -2.37. The number of halogens is 1. The molecule has 0 spiro atoms. The molecule has 0 unspecified atom stereocenters. The predicted octanol–water partition coefficient (Wildman–Crippen LogP) is 4.75. The summed E-state index contributed by atoms with van der Waals surface area (Å²) in [6, 6.07) is 29.7. The van der Waals surface area contributed by atoms with Gasteiger partial charge in [-0.05, 0) is 16.7 Å². The van der Waals surface area contributed by atoms with Crippen molar-refractivity contribution in [1.29, 1.82) is 0 Å². The summed E-state index contributed by atoms with van der Waals surface area (Å²) in [6.07, 6.45) is -3.38. The molecule has 0 bridgehead atoms. The van der Waals surface area contributed by atoms with Crippen molar-refractivity contribution in [3.63, 3.8) is 0 Å². The van der Waals surface area contributed by atoms with Crippen LogP contribution in [0, 0.1) is 0 Å². The van der Waals surface area contributed by atoms with E-state index in [9.17, 15) is 5.11 Å². The smallest absolute Gasteiger partial charge is 0.187 e. The second kappa shape index (κ2) is 19.0. The Morgan fingerprint density at radius 3 is 1.50 bits per heavy atom. The van der Waals surface area contributed by atoms with Crippen LogP contribution in [0.5, 0.6) is 0 Å². The molecule has 0 saturated carbocycles. The highest BCUT2D eigenvalue weighted by molar-refractivity contribution is 6.17. The number of benzene rings is 3. The number of hydrogen-bond donors (Lipinski definition) is 1. The highest BCUT2D eigenvalue weighted by Gasteiger charge is 2.48. The standard InChI is InChI=1S/C33H41ClO8/c34-16-17-36-18-19-37-20-21-38-33-32(41-25-28-14-8-3-9-15-28)31(40-24-27-12-6-2-7-13-27)30(29(22-35)42-33)39-23-26-10-4-1-5-11-26/h1-15,29-33,35H,16-25H2/t29-,30-,31+,32+,33+/m1/s1. The van der Waals surface area contributed by atoms with Crippen LogP contribution in [0.15, 0.2) is 91.0 Å². The van der Waals surface area contributed by atoms with Gasteiger partial charge in [0.25, 0.3) is 0 Å². The lowest BCUT2D eigenvalue weighted by Gasteiger charge is -2.45. The summed E-state index contributed by atoms with van der Waals surface area (Å²) < 4.78 is 42.8. The molecule has 3 aromatic carbocycles. The van der Waals surface area contributed by atoms with Crippen molar-refractivity contribution in [1.82, 2.24) is 0 Å². The first-order valence-electron chi connectivity index (χ1n) is 14.3. The van der Waals surface area contributed by atoms with Crippen LogP contribution in [0.3, 0.4) is 0 Å². The van der Waals surface area contributed by atoms with Gasteiger partial charge in [0.2, 0.25) is 0 Å². The zero-order chi connectivity index (χ0) is 29.2. The quantitative estimate of drug-likeness (QED) is 0.156. The van der Waals surface area contributed by atoms with Gasteiger partial charge in [-0.25, -0.2) is 0 Å². The lowest BCUT2D eigenvalue weighted by molar-refractivity contribution is -0.327. The molecule has 3 aromatic rings. The molecular formula is C33H41ClO8. The average Bonchev–Trinajstić information content (AvgIpc) is 3.04. The van der Waals surface area contributed by atoms with Gasteiger partial charge >= 0.3 is 0 Å². The summed E-state index contributed by atoms with van der Waals surface area (Å²) in [7, 11) is 0. The van der Waals surface area contributed by atoms with Crippen LogP contribution in [0.1, 0.15) is 16.7 Å². The van der Waals surface area contributed by atoms with E-state index in [1.165, 1.54) is 0 Å². The Morgan fingerprint density at radius 1 is 0.548 bits per heavy atom. The average molecular weight is 601 g/mol. The van der Waals surface area contributed by atoms with Crippen LogP contribution < -0.4 is 0 Å². The fourth-order valence-electron chi connectivity index (χ4n) is 4.63. The van der Waals surface area contributed by atoms with Crippen LogP contribution in [-0.2, 0) is 53.0 Å². The molecule has 228 valence electrons. The largest absolute Gasteiger partial charge is 0.394 e. The lowest BCUT2D eigenvalue weighted by atomic mass is 9.98. The molecule has 1 saturated heterocycles. The van der Waals surface area contributed by atoms with Crippen LogP contribution in [0.4, 0.5) is 0 Å². The van der Waals surface area contributed by atoms with E-state index in [-0.39, 0.29) is 13.2 Å². The maximum Gasteiger partial charge on any atom is 0.187 e. The molecular weight excluding hydrogens is 560 g/mol. The molecule has 0 aromatic heterocycles. The number of ether oxygens (including phenoxy) is 7. The molecule has 1 aliphatic heterocycles. The third kappa shape index (κ3) is 10.7. The Kier molecular flexibility index (Phi) is 14.7. The number of hydrogen-bond acceptors (Lipinski definition) is 8.